The Morgan fingerprint density at radius 3 is 2.21 bits per heavy atom. The molecule has 1 aromatic heterocycles. The predicted molar refractivity (Wildman–Crippen MR) is 75.6 cm³/mol. The lowest BCUT2D eigenvalue weighted by Crippen LogP contribution is -1.98. The molecule has 5 heteroatoms. The van der Waals surface area contributed by atoms with E-state index in [1.807, 2.05) is 37.6 Å². The van der Waals surface area contributed by atoms with Gasteiger partial charge in [0.2, 0.25) is 5.95 Å². The van der Waals surface area contributed by atoms with Crippen molar-refractivity contribution in [2.24, 2.45) is 7.05 Å². The molecule has 0 atom stereocenters. The molecule has 2 rings (SSSR count). The summed E-state index contributed by atoms with van der Waals surface area (Å²) in [4.78, 5) is 4.40. The number of nitrogens with two attached hydrogens (primary N) is 1. The van der Waals surface area contributed by atoms with Gasteiger partial charge in [0.15, 0.2) is 0 Å². The van der Waals surface area contributed by atoms with Crippen LogP contribution >= 0.6 is 0 Å². The quantitative estimate of drug-likeness (QED) is 0.921. The minimum absolute atomic E-state index is 0.481. The maximum absolute atomic E-state index is 5.85. The van der Waals surface area contributed by atoms with Crippen LogP contribution < -0.4 is 15.2 Å². The van der Waals surface area contributed by atoms with Crippen molar-refractivity contribution in [2.75, 3.05) is 20.0 Å². The van der Waals surface area contributed by atoms with Crippen molar-refractivity contribution in [1.29, 1.82) is 0 Å². The van der Waals surface area contributed by atoms with Crippen molar-refractivity contribution in [3.8, 4) is 22.8 Å². The number of anilines is 1. The van der Waals surface area contributed by atoms with Crippen LogP contribution in [0.1, 0.15) is 11.3 Å². The maximum atomic E-state index is 5.85. The smallest absolute Gasteiger partial charge is 0.200 e. The molecule has 0 bridgehead atoms. The van der Waals surface area contributed by atoms with E-state index >= 15 is 0 Å². The Hall–Kier alpha value is -2.17. The molecule has 1 aromatic carbocycles. The van der Waals surface area contributed by atoms with Gasteiger partial charge in [-0.25, -0.2) is 4.98 Å². The molecule has 5 nitrogen and oxygen atoms in total. The largest absolute Gasteiger partial charge is 0.496 e. The van der Waals surface area contributed by atoms with Crippen LogP contribution in [0.2, 0.25) is 0 Å². The summed E-state index contributed by atoms with van der Waals surface area (Å²) in [6, 6.07) is 3.88. The van der Waals surface area contributed by atoms with Crippen LogP contribution in [-0.4, -0.2) is 23.8 Å². The Bertz CT molecular complexity index is 618. The number of imidazole rings is 1. The molecule has 1 heterocycles. The number of hydrogen-bond acceptors (Lipinski definition) is 4. The van der Waals surface area contributed by atoms with Crippen LogP contribution in [0.15, 0.2) is 12.1 Å². The monoisotopic (exact) mass is 261 g/mol. The number of ether oxygens (including phenoxy) is 2. The van der Waals surface area contributed by atoms with Gasteiger partial charge in [-0.15, -0.1) is 0 Å². The van der Waals surface area contributed by atoms with Gasteiger partial charge in [-0.2, -0.15) is 0 Å². The van der Waals surface area contributed by atoms with Gasteiger partial charge >= 0.3 is 0 Å². The molecule has 0 aliphatic heterocycles. The molecule has 0 aliphatic carbocycles. The summed E-state index contributed by atoms with van der Waals surface area (Å²) in [6.45, 7) is 3.95. The van der Waals surface area contributed by atoms with Crippen LogP contribution in [0.5, 0.6) is 11.5 Å². The van der Waals surface area contributed by atoms with Crippen molar-refractivity contribution in [2.45, 2.75) is 13.8 Å². The number of nitrogens with zero attached hydrogens (tertiary/aromatic N) is 2. The molecule has 0 spiro atoms. The summed E-state index contributed by atoms with van der Waals surface area (Å²) in [6.07, 6.45) is 0. The molecular formula is C14H19N3O2. The second-order valence-electron chi connectivity index (χ2n) is 4.49. The third-order valence-corrected chi connectivity index (χ3v) is 3.39. The number of nitrogen functional groups attached to an aromatic ring is 1. The van der Waals surface area contributed by atoms with Gasteiger partial charge in [-0.05, 0) is 31.5 Å². The molecule has 2 N–H and O–H groups in total. The standard InChI is InChI=1S/C14H19N3O2/c1-8-6-12(19-5)10(7-11(8)18-4)13-9(2)17(3)14(15)16-13/h6-7H,1-5H3,(H2,15,16). The lowest BCUT2D eigenvalue weighted by atomic mass is 10.1. The maximum Gasteiger partial charge on any atom is 0.200 e. The highest BCUT2D eigenvalue weighted by molar-refractivity contribution is 5.73. The zero-order valence-electron chi connectivity index (χ0n) is 11.9. The average molecular weight is 261 g/mol. The van der Waals surface area contributed by atoms with Crippen LogP contribution in [-0.2, 0) is 7.05 Å². The van der Waals surface area contributed by atoms with Gasteiger partial charge < -0.3 is 19.8 Å². The van der Waals surface area contributed by atoms with Crippen LogP contribution in [0.25, 0.3) is 11.3 Å². The van der Waals surface area contributed by atoms with E-state index in [-0.39, 0.29) is 0 Å². The Morgan fingerprint density at radius 2 is 1.74 bits per heavy atom. The number of rotatable bonds is 3. The van der Waals surface area contributed by atoms with E-state index in [2.05, 4.69) is 4.98 Å². The Balaban J connectivity index is 2.69. The Kier molecular flexibility index (Phi) is 3.38. The van der Waals surface area contributed by atoms with Crippen molar-refractivity contribution in [1.82, 2.24) is 9.55 Å². The van der Waals surface area contributed by atoms with E-state index in [0.717, 1.165) is 34.0 Å². The van der Waals surface area contributed by atoms with Gasteiger partial charge in [0, 0.05) is 18.3 Å². The van der Waals surface area contributed by atoms with E-state index in [4.69, 9.17) is 15.2 Å². The third kappa shape index (κ3) is 2.12. The molecule has 0 unspecified atom stereocenters. The highest BCUT2D eigenvalue weighted by atomic mass is 16.5. The molecular weight excluding hydrogens is 242 g/mol. The third-order valence-electron chi connectivity index (χ3n) is 3.39. The molecule has 102 valence electrons. The molecule has 0 aliphatic rings. The molecule has 0 radical (unpaired) electrons. The molecule has 2 aromatic rings. The second-order valence-corrected chi connectivity index (χ2v) is 4.49. The van der Waals surface area contributed by atoms with E-state index in [9.17, 15) is 0 Å². The normalized spacial score (nSPS) is 10.6. The highest BCUT2D eigenvalue weighted by Gasteiger charge is 2.17. The van der Waals surface area contributed by atoms with E-state index in [1.54, 1.807) is 14.2 Å². The molecule has 19 heavy (non-hydrogen) atoms. The van der Waals surface area contributed by atoms with Gasteiger partial charge in [0.25, 0.3) is 0 Å². The zero-order valence-corrected chi connectivity index (χ0v) is 11.9. The number of methoxy groups -OCH3 is 2. The summed E-state index contributed by atoms with van der Waals surface area (Å²) >= 11 is 0. The number of aryl methyl sites for hydroxylation is 1. The minimum Gasteiger partial charge on any atom is -0.496 e. The number of benzene rings is 1. The molecule has 0 amide bonds. The SMILES string of the molecule is COc1cc(-c2nc(N)n(C)c2C)c(OC)cc1C. The van der Waals surface area contributed by atoms with Crippen molar-refractivity contribution in [3.63, 3.8) is 0 Å². The van der Waals surface area contributed by atoms with Gasteiger partial charge in [-0.1, -0.05) is 0 Å². The first-order valence-electron chi connectivity index (χ1n) is 6.01. The first kappa shape index (κ1) is 13.3. The topological polar surface area (TPSA) is 62.3 Å². The minimum atomic E-state index is 0.481. The lowest BCUT2D eigenvalue weighted by molar-refractivity contribution is 0.401. The van der Waals surface area contributed by atoms with E-state index in [1.165, 1.54) is 0 Å². The molecule has 0 fully saturated rings. The summed E-state index contributed by atoms with van der Waals surface area (Å²) in [5, 5.41) is 0. The van der Waals surface area contributed by atoms with Gasteiger partial charge in [0.05, 0.1) is 19.9 Å². The van der Waals surface area contributed by atoms with Crippen molar-refractivity contribution >= 4 is 5.95 Å². The zero-order chi connectivity index (χ0) is 14.2. The highest BCUT2D eigenvalue weighted by Crippen LogP contribution is 2.37. The first-order valence-corrected chi connectivity index (χ1v) is 6.01. The second kappa shape index (κ2) is 4.84. The molecule has 0 saturated heterocycles. The fourth-order valence-corrected chi connectivity index (χ4v) is 2.09. The summed E-state index contributed by atoms with van der Waals surface area (Å²) in [7, 11) is 5.18. The fraction of sp³-hybridized carbons (Fsp3) is 0.357. The summed E-state index contributed by atoms with van der Waals surface area (Å²) in [5.41, 5.74) is 9.56. The molecule has 0 saturated carbocycles. The van der Waals surface area contributed by atoms with E-state index in [0.29, 0.717) is 5.95 Å². The Labute approximate surface area is 113 Å². The van der Waals surface area contributed by atoms with Crippen LogP contribution in [0, 0.1) is 13.8 Å². The average Bonchev–Trinajstić information content (AvgIpc) is 2.66. The first-order chi connectivity index (χ1) is 8.99. The Morgan fingerprint density at radius 1 is 1.11 bits per heavy atom. The number of aromatic nitrogens is 2. The van der Waals surface area contributed by atoms with E-state index < -0.39 is 0 Å². The van der Waals surface area contributed by atoms with Crippen molar-refractivity contribution < 1.29 is 9.47 Å². The summed E-state index contributed by atoms with van der Waals surface area (Å²) < 4.78 is 12.6. The lowest BCUT2D eigenvalue weighted by Gasteiger charge is -2.12. The van der Waals surface area contributed by atoms with Crippen molar-refractivity contribution in [3.05, 3.63) is 23.4 Å². The number of hydrogen-bond donors (Lipinski definition) is 1. The van der Waals surface area contributed by atoms with Gasteiger partial charge in [0.1, 0.15) is 11.5 Å². The van der Waals surface area contributed by atoms with Crippen LogP contribution in [0.4, 0.5) is 5.95 Å². The summed E-state index contributed by atoms with van der Waals surface area (Å²) in [5.74, 6) is 2.05. The predicted octanol–water partition coefficient (Wildman–Crippen LogP) is 2.30. The fourth-order valence-electron chi connectivity index (χ4n) is 2.09. The van der Waals surface area contributed by atoms with Gasteiger partial charge in [-0.3, -0.25) is 0 Å². The van der Waals surface area contributed by atoms with Crippen LogP contribution in [0.3, 0.4) is 0 Å².